The summed E-state index contributed by atoms with van der Waals surface area (Å²) in [7, 11) is 0. The average molecular weight is 183 g/mol. The minimum absolute atomic E-state index is 0.0717. The molecule has 0 aliphatic carbocycles. The highest BCUT2D eigenvalue weighted by molar-refractivity contribution is 5.79. The van der Waals surface area contributed by atoms with Gasteiger partial charge in [0.05, 0.1) is 0 Å². The lowest BCUT2D eigenvalue weighted by Crippen LogP contribution is -2.44. The highest BCUT2D eigenvalue weighted by Crippen LogP contribution is 2.18. The maximum atomic E-state index is 11.5. The summed E-state index contributed by atoms with van der Waals surface area (Å²) in [6, 6.07) is 0.518. The van der Waals surface area contributed by atoms with Crippen LogP contribution < -0.4 is 11.1 Å². The topological polar surface area (TPSA) is 58.4 Å². The fourth-order valence-electron chi connectivity index (χ4n) is 2.23. The van der Waals surface area contributed by atoms with Gasteiger partial charge in [0.2, 0.25) is 5.91 Å². The summed E-state index contributed by atoms with van der Waals surface area (Å²) >= 11 is 0. The van der Waals surface area contributed by atoms with Gasteiger partial charge in [0.25, 0.3) is 0 Å². The second-order valence-corrected chi connectivity index (χ2v) is 3.99. The fourth-order valence-corrected chi connectivity index (χ4v) is 2.23. The number of carbonyl (C=O) groups excluding carboxylic acids is 1. The third-order valence-corrected chi connectivity index (χ3v) is 2.94. The SMILES string of the molecule is NC1CC(=O)N(C2CCNCC2)C1. The van der Waals surface area contributed by atoms with Gasteiger partial charge in [0.15, 0.2) is 0 Å². The average Bonchev–Trinajstić information content (AvgIpc) is 2.47. The first-order chi connectivity index (χ1) is 6.27. The van der Waals surface area contributed by atoms with Gasteiger partial charge >= 0.3 is 0 Å². The van der Waals surface area contributed by atoms with E-state index in [4.69, 9.17) is 5.73 Å². The van der Waals surface area contributed by atoms with Crippen molar-refractivity contribution in [3.63, 3.8) is 0 Å². The first kappa shape index (κ1) is 8.97. The number of rotatable bonds is 1. The molecular formula is C9H17N3O. The predicted octanol–water partition coefficient (Wildman–Crippen LogP) is -0.702. The Kier molecular flexibility index (Phi) is 2.51. The van der Waals surface area contributed by atoms with Gasteiger partial charge in [0, 0.05) is 25.0 Å². The number of nitrogens with two attached hydrogens (primary N) is 1. The van der Waals surface area contributed by atoms with Crippen LogP contribution in [-0.2, 0) is 4.79 Å². The number of piperidine rings is 1. The molecule has 74 valence electrons. The molecule has 2 rings (SSSR count). The molecule has 1 amide bonds. The summed E-state index contributed by atoms with van der Waals surface area (Å²) in [5.74, 6) is 0.249. The van der Waals surface area contributed by atoms with Gasteiger partial charge in [-0.05, 0) is 25.9 Å². The van der Waals surface area contributed by atoms with Gasteiger partial charge in [-0.15, -0.1) is 0 Å². The zero-order valence-corrected chi connectivity index (χ0v) is 7.83. The maximum absolute atomic E-state index is 11.5. The summed E-state index contributed by atoms with van der Waals surface area (Å²) in [6.45, 7) is 2.83. The van der Waals surface area contributed by atoms with Crippen LogP contribution in [0.2, 0.25) is 0 Å². The van der Waals surface area contributed by atoms with Crippen molar-refractivity contribution in [1.29, 1.82) is 0 Å². The zero-order valence-electron chi connectivity index (χ0n) is 7.83. The quantitative estimate of drug-likeness (QED) is 0.565. The standard InChI is InChI=1S/C9H17N3O/c10-7-5-9(13)12(6-7)8-1-3-11-4-2-8/h7-8,11H,1-6,10H2. The smallest absolute Gasteiger partial charge is 0.224 e. The minimum Gasteiger partial charge on any atom is -0.338 e. The van der Waals surface area contributed by atoms with Crippen LogP contribution in [0.5, 0.6) is 0 Å². The molecular weight excluding hydrogens is 166 g/mol. The molecule has 4 nitrogen and oxygen atoms in total. The summed E-state index contributed by atoms with van der Waals surface area (Å²) < 4.78 is 0. The van der Waals surface area contributed by atoms with Crippen LogP contribution in [0.15, 0.2) is 0 Å². The van der Waals surface area contributed by atoms with Crippen molar-refractivity contribution in [1.82, 2.24) is 10.2 Å². The van der Waals surface area contributed by atoms with E-state index in [1.165, 1.54) is 0 Å². The lowest BCUT2D eigenvalue weighted by molar-refractivity contribution is -0.130. The van der Waals surface area contributed by atoms with E-state index in [0.717, 1.165) is 32.5 Å². The summed E-state index contributed by atoms with van der Waals surface area (Å²) in [4.78, 5) is 13.5. The van der Waals surface area contributed by atoms with Crippen molar-refractivity contribution in [2.24, 2.45) is 5.73 Å². The molecule has 0 aromatic carbocycles. The molecule has 0 aromatic rings. The number of amides is 1. The van der Waals surface area contributed by atoms with E-state index in [0.29, 0.717) is 12.5 Å². The van der Waals surface area contributed by atoms with E-state index in [-0.39, 0.29) is 11.9 Å². The van der Waals surface area contributed by atoms with Crippen LogP contribution in [0.3, 0.4) is 0 Å². The van der Waals surface area contributed by atoms with Gasteiger partial charge in [-0.2, -0.15) is 0 Å². The summed E-state index contributed by atoms with van der Waals surface area (Å²) in [5.41, 5.74) is 5.74. The molecule has 2 aliphatic heterocycles. The van der Waals surface area contributed by atoms with Crippen molar-refractivity contribution in [3.05, 3.63) is 0 Å². The Hall–Kier alpha value is -0.610. The Morgan fingerprint density at radius 2 is 2.08 bits per heavy atom. The van der Waals surface area contributed by atoms with Gasteiger partial charge in [-0.1, -0.05) is 0 Å². The van der Waals surface area contributed by atoms with Crippen molar-refractivity contribution in [2.45, 2.75) is 31.3 Å². The van der Waals surface area contributed by atoms with Crippen LogP contribution in [-0.4, -0.2) is 42.5 Å². The van der Waals surface area contributed by atoms with E-state index < -0.39 is 0 Å². The molecule has 2 heterocycles. The van der Waals surface area contributed by atoms with Crippen molar-refractivity contribution in [3.8, 4) is 0 Å². The molecule has 1 unspecified atom stereocenters. The number of hydrogen-bond donors (Lipinski definition) is 2. The predicted molar refractivity (Wildman–Crippen MR) is 50.2 cm³/mol. The third-order valence-electron chi connectivity index (χ3n) is 2.94. The van der Waals surface area contributed by atoms with Crippen LogP contribution in [0, 0.1) is 0 Å². The van der Waals surface area contributed by atoms with Crippen molar-refractivity contribution < 1.29 is 4.79 Å². The number of nitrogens with one attached hydrogen (secondary N) is 1. The van der Waals surface area contributed by atoms with Gasteiger partial charge in [-0.25, -0.2) is 0 Å². The second kappa shape index (κ2) is 3.64. The van der Waals surface area contributed by atoms with E-state index in [1.54, 1.807) is 0 Å². The lowest BCUT2D eigenvalue weighted by Gasteiger charge is -2.31. The molecule has 2 saturated heterocycles. The second-order valence-electron chi connectivity index (χ2n) is 3.99. The Balaban J connectivity index is 1.95. The van der Waals surface area contributed by atoms with Crippen molar-refractivity contribution >= 4 is 5.91 Å². The number of nitrogens with zero attached hydrogens (tertiary/aromatic N) is 1. The molecule has 2 fully saturated rings. The molecule has 0 aromatic heterocycles. The number of hydrogen-bond acceptors (Lipinski definition) is 3. The van der Waals surface area contributed by atoms with Crippen LogP contribution in [0.25, 0.3) is 0 Å². The molecule has 2 aliphatic rings. The first-order valence-electron chi connectivity index (χ1n) is 5.03. The largest absolute Gasteiger partial charge is 0.338 e. The molecule has 0 spiro atoms. The van der Waals surface area contributed by atoms with Crippen LogP contribution in [0.1, 0.15) is 19.3 Å². The molecule has 3 N–H and O–H groups in total. The highest BCUT2D eigenvalue weighted by atomic mass is 16.2. The van der Waals surface area contributed by atoms with Crippen LogP contribution in [0.4, 0.5) is 0 Å². The maximum Gasteiger partial charge on any atom is 0.224 e. The molecule has 13 heavy (non-hydrogen) atoms. The van der Waals surface area contributed by atoms with Gasteiger partial charge < -0.3 is 16.0 Å². The Bertz CT molecular complexity index is 201. The van der Waals surface area contributed by atoms with E-state index in [9.17, 15) is 4.79 Å². The third kappa shape index (κ3) is 1.84. The minimum atomic E-state index is 0.0717. The lowest BCUT2D eigenvalue weighted by atomic mass is 10.1. The first-order valence-corrected chi connectivity index (χ1v) is 5.03. The zero-order chi connectivity index (χ0) is 9.26. The van der Waals surface area contributed by atoms with Gasteiger partial charge in [0.1, 0.15) is 0 Å². The number of carbonyl (C=O) groups is 1. The Morgan fingerprint density at radius 1 is 1.38 bits per heavy atom. The molecule has 0 radical (unpaired) electrons. The monoisotopic (exact) mass is 183 g/mol. The fraction of sp³-hybridized carbons (Fsp3) is 0.889. The van der Waals surface area contributed by atoms with E-state index >= 15 is 0 Å². The number of likely N-dealkylation sites (tertiary alicyclic amines) is 1. The molecule has 0 bridgehead atoms. The molecule has 4 heteroatoms. The molecule has 1 atom stereocenters. The Morgan fingerprint density at radius 3 is 2.62 bits per heavy atom. The molecule has 0 saturated carbocycles. The normalized spacial score (nSPS) is 31.3. The van der Waals surface area contributed by atoms with Gasteiger partial charge in [-0.3, -0.25) is 4.79 Å². The Labute approximate surface area is 78.5 Å². The van der Waals surface area contributed by atoms with E-state index in [2.05, 4.69) is 5.32 Å². The van der Waals surface area contributed by atoms with Crippen molar-refractivity contribution in [2.75, 3.05) is 19.6 Å². The summed E-state index contributed by atoms with van der Waals surface area (Å²) in [6.07, 6.45) is 2.71. The van der Waals surface area contributed by atoms with Crippen LogP contribution >= 0.6 is 0 Å². The summed E-state index contributed by atoms with van der Waals surface area (Å²) in [5, 5.41) is 3.30. The highest BCUT2D eigenvalue weighted by Gasteiger charge is 2.32. The van der Waals surface area contributed by atoms with E-state index in [1.807, 2.05) is 4.90 Å².